The molecular weight excluding hydrogens is 164 g/mol. The fourth-order valence-corrected chi connectivity index (χ4v) is 2.00. The Morgan fingerprint density at radius 1 is 1.46 bits per heavy atom. The highest BCUT2D eigenvalue weighted by Crippen LogP contribution is 2.38. The van der Waals surface area contributed by atoms with E-state index in [0.717, 1.165) is 31.6 Å². The molecule has 0 saturated heterocycles. The minimum Gasteiger partial charge on any atom is -0.390 e. The summed E-state index contributed by atoms with van der Waals surface area (Å²) in [5.41, 5.74) is -0.393. The van der Waals surface area contributed by atoms with Crippen molar-refractivity contribution in [1.29, 1.82) is 0 Å². The van der Waals surface area contributed by atoms with Crippen LogP contribution >= 0.6 is 0 Å². The molecule has 0 spiro atoms. The molecule has 0 aliphatic heterocycles. The lowest BCUT2D eigenvalue weighted by atomic mass is 9.74. The lowest BCUT2D eigenvalue weighted by Gasteiger charge is -2.43. The summed E-state index contributed by atoms with van der Waals surface area (Å²) in [6.07, 6.45) is 5.29. The summed E-state index contributed by atoms with van der Waals surface area (Å²) in [5.74, 6) is 0.752. The van der Waals surface area contributed by atoms with Crippen molar-refractivity contribution in [3.63, 3.8) is 0 Å². The standard InChI is InChI=1S/C11H22O2/c1-9(2)5-4-6-11(12)7-10(8-11)13-3/h9-10,12H,4-8H2,1-3H3. The van der Waals surface area contributed by atoms with Gasteiger partial charge in [0, 0.05) is 20.0 Å². The monoisotopic (exact) mass is 186 g/mol. The fourth-order valence-electron chi connectivity index (χ4n) is 2.00. The second-order valence-corrected chi connectivity index (χ2v) is 4.78. The molecule has 13 heavy (non-hydrogen) atoms. The number of methoxy groups -OCH3 is 1. The number of hydrogen-bond acceptors (Lipinski definition) is 2. The van der Waals surface area contributed by atoms with E-state index in [1.807, 2.05) is 0 Å². The van der Waals surface area contributed by atoms with Crippen molar-refractivity contribution in [2.75, 3.05) is 7.11 Å². The molecular formula is C11H22O2. The second kappa shape index (κ2) is 4.43. The molecule has 78 valence electrons. The van der Waals surface area contributed by atoms with Crippen LogP contribution in [0.1, 0.15) is 46.0 Å². The first kappa shape index (κ1) is 11.0. The highest BCUT2D eigenvalue weighted by atomic mass is 16.5. The average molecular weight is 186 g/mol. The van der Waals surface area contributed by atoms with Gasteiger partial charge in [0.05, 0.1) is 11.7 Å². The Hall–Kier alpha value is -0.0800. The van der Waals surface area contributed by atoms with Gasteiger partial charge in [-0.05, 0) is 12.3 Å². The van der Waals surface area contributed by atoms with Crippen LogP contribution in [0.4, 0.5) is 0 Å². The third kappa shape index (κ3) is 3.28. The highest BCUT2D eigenvalue weighted by molar-refractivity contribution is 4.94. The van der Waals surface area contributed by atoms with Crippen LogP contribution in [-0.2, 0) is 4.74 Å². The molecule has 0 heterocycles. The van der Waals surface area contributed by atoms with Gasteiger partial charge in [0.25, 0.3) is 0 Å². The van der Waals surface area contributed by atoms with Crippen LogP contribution in [0.25, 0.3) is 0 Å². The van der Waals surface area contributed by atoms with Crippen LogP contribution in [0.3, 0.4) is 0 Å². The molecule has 2 nitrogen and oxygen atoms in total. The lowest BCUT2D eigenvalue weighted by Crippen LogP contribution is -2.47. The van der Waals surface area contributed by atoms with Gasteiger partial charge < -0.3 is 9.84 Å². The van der Waals surface area contributed by atoms with Crippen LogP contribution in [0, 0.1) is 5.92 Å². The molecule has 2 heteroatoms. The van der Waals surface area contributed by atoms with Gasteiger partial charge in [-0.2, -0.15) is 0 Å². The zero-order chi connectivity index (χ0) is 9.90. The summed E-state index contributed by atoms with van der Waals surface area (Å²) < 4.78 is 5.15. The van der Waals surface area contributed by atoms with Crippen LogP contribution in [-0.4, -0.2) is 23.9 Å². The van der Waals surface area contributed by atoms with Gasteiger partial charge in [-0.15, -0.1) is 0 Å². The Balaban J connectivity index is 2.09. The number of aliphatic hydroxyl groups is 1. The van der Waals surface area contributed by atoms with Gasteiger partial charge in [-0.3, -0.25) is 0 Å². The van der Waals surface area contributed by atoms with Gasteiger partial charge >= 0.3 is 0 Å². The first-order valence-corrected chi connectivity index (χ1v) is 5.31. The molecule has 0 atom stereocenters. The van der Waals surface area contributed by atoms with E-state index in [4.69, 9.17) is 4.74 Å². The van der Waals surface area contributed by atoms with Gasteiger partial charge in [0.1, 0.15) is 0 Å². The summed E-state index contributed by atoms with van der Waals surface area (Å²) in [4.78, 5) is 0. The third-order valence-corrected chi connectivity index (χ3v) is 2.97. The average Bonchev–Trinajstić information content (AvgIpc) is 1.98. The minimum absolute atomic E-state index is 0.309. The summed E-state index contributed by atoms with van der Waals surface area (Å²) in [6.45, 7) is 4.45. The maximum absolute atomic E-state index is 9.94. The van der Waals surface area contributed by atoms with Crippen molar-refractivity contribution >= 4 is 0 Å². The minimum atomic E-state index is -0.393. The number of ether oxygens (including phenoxy) is 1. The number of rotatable bonds is 5. The Morgan fingerprint density at radius 2 is 2.08 bits per heavy atom. The smallest absolute Gasteiger partial charge is 0.0697 e. The fraction of sp³-hybridized carbons (Fsp3) is 1.00. The first-order valence-electron chi connectivity index (χ1n) is 5.31. The van der Waals surface area contributed by atoms with E-state index in [0.29, 0.717) is 6.10 Å². The van der Waals surface area contributed by atoms with Gasteiger partial charge in [-0.25, -0.2) is 0 Å². The second-order valence-electron chi connectivity index (χ2n) is 4.78. The summed E-state index contributed by atoms with van der Waals surface area (Å²) in [6, 6.07) is 0. The summed E-state index contributed by atoms with van der Waals surface area (Å²) >= 11 is 0. The first-order chi connectivity index (χ1) is 6.06. The van der Waals surface area contributed by atoms with Crippen LogP contribution in [0.2, 0.25) is 0 Å². The van der Waals surface area contributed by atoms with Crippen molar-refractivity contribution in [2.45, 2.75) is 57.7 Å². The molecule has 0 bridgehead atoms. The Morgan fingerprint density at radius 3 is 2.54 bits per heavy atom. The van der Waals surface area contributed by atoms with Gasteiger partial charge in [-0.1, -0.05) is 26.7 Å². The SMILES string of the molecule is COC1CC(O)(CCCC(C)C)C1. The van der Waals surface area contributed by atoms with Crippen molar-refractivity contribution in [3.05, 3.63) is 0 Å². The Bertz CT molecular complexity index is 148. The lowest BCUT2D eigenvalue weighted by molar-refractivity contribution is -0.132. The number of hydrogen-bond donors (Lipinski definition) is 1. The molecule has 0 amide bonds. The zero-order valence-electron chi connectivity index (χ0n) is 9.05. The normalized spacial score (nSPS) is 33.5. The molecule has 0 aromatic heterocycles. The zero-order valence-corrected chi connectivity index (χ0v) is 9.05. The predicted octanol–water partition coefficient (Wildman–Crippen LogP) is 2.35. The van der Waals surface area contributed by atoms with E-state index in [9.17, 15) is 5.11 Å². The van der Waals surface area contributed by atoms with Crippen molar-refractivity contribution in [2.24, 2.45) is 5.92 Å². The van der Waals surface area contributed by atoms with Gasteiger partial charge in [0.15, 0.2) is 0 Å². The largest absolute Gasteiger partial charge is 0.390 e. The topological polar surface area (TPSA) is 29.5 Å². The molecule has 1 aliphatic carbocycles. The van der Waals surface area contributed by atoms with Crippen LogP contribution in [0.5, 0.6) is 0 Å². The quantitative estimate of drug-likeness (QED) is 0.714. The van der Waals surface area contributed by atoms with Crippen LogP contribution < -0.4 is 0 Å². The van der Waals surface area contributed by atoms with E-state index >= 15 is 0 Å². The highest BCUT2D eigenvalue weighted by Gasteiger charge is 2.41. The Kier molecular flexibility index (Phi) is 3.74. The molecule has 0 unspecified atom stereocenters. The third-order valence-electron chi connectivity index (χ3n) is 2.97. The van der Waals surface area contributed by atoms with E-state index in [1.54, 1.807) is 7.11 Å². The molecule has 1 aliphatic rings. The molecule has 0 radical (unpaired) electrons. The van der Waals surface area contributed by atoms with Crippen molar-refractivity contribution < 1.29 is 9.84 Å². The van der Waals surface area contributed by atoms with Crippen molar-refractivity contribution in [1.82, 2.24) is 0 Å². The predicted molar refractivity (Wildman–Crippen MR) is 53.7 cm³/mol. The van der Waals surface area contributed by atoms with Crippen LogP contribution in [0.15, 0.2) is 0 Å². The summed E-state index contributed by atoms with van der Waals surface area (Å²) in [7, 11) is 1.72. The van der Waals surface area contributed by atoms with E-state index < -0.39 is 5.60 Å². The maximum atomic E-state index is 9.94. The van der Waals surface area contributed by atoms with E-state index in [2.05, 4.69) is 13.8 Å². The van der Waals surface area contributed by atoms with E-state index in [-0.39, 0.29) is 0 Å². The van der Waals surface area contributed by atoms with Crippen molar-refractivity contribution in [3.8, 4) is 0 Å². The summed E-state index contributed by atoms with van der Waals surface area (Å²) in [5, 5.41) is 9.94. The molecule has 1 rings (SSSR count). The molecule has 0 aromatic carbocycles. The molecule has 1 N–H and O–H groups in total. The maximum Gasteiger partial charge on any atom is 0.0697 e. The Labute approximate surface area is 81.3 Å². The van der Waals surface area contributed by atoms with Gasteiger partial charge in [0.2, 0.25) is 0 Å². The molecule has 1 saturated carbocycles. The van der Waals surface area contributed by atoms with E-state index in [1.165, 1.54) is 6.42 Å². The molecule has 1 fully saturated rings. The molecule has 0 aromatic rings.